The number of benzene rings is 2. The van der Waals surface area contributed by atoms with Gasteiger partial charge in [0.25, 0.3) is 10.0 Å². The average molecular weight is 466 g/mol. The second kappa shape index (κ2) is 10.4. The number of hydrogen-bond donors (Lipinski definition) is 1. The highest BCUT2D eigenvalue weighted by Gasteiger charge is 2.23. The van der Waals surface area contributed by atoms with Crippen molar-refractivity contribution in [2.45, 2.75) is 44.8 Å². The van der Waals surface area contributed by atoms with Gasteiger partial charge in [-0.3, -0.25) is 4.72 Å². The van der Waals surface area contributed by atoms with Gasteiger partial charge in [0.15, 0.2) is 0 Å². The molecule has 0 spiro atoms. The van der Waals surface area contributed by atoms with Crippen LogP contribution in [0.5, 0.6) is 11.5 Å². The first-order valence-electron chi connectivity index (χ1n) is 9.78. The van der Waals surface area contributed by atoms with Gasteiger partial charge in [-0.1, -0.05) is 0 Å². The van der Waals surface area contributed by atoms with Gasteiger partial charge in [0.2, 0.25) is 0 Å². The van der Waals surface area contributed by atoms with Crippen molar-refractivity contribution in [2.24, 2.45) is 0 Å². The van der Waals surface area contributed by atoms with E-state index in [1.807, 2.05) is 0 Å². The smallest absolute Gasteiger partial charge is 0.338 e. The molecule has 0 radical (unpaired) electrons. The van der Waals surface area contributed by atoms with Gasteiger partial charge in [-0.25, -0.2) is 18.0 Å². The summed E-state index contributed by atoms with van der Waals surface area (Å²) in [5, 5.41) is 0. The Hall–Kier alpha value is -3.27. The molecule has 0 bridgehead atoms. The van der Waals surface area contributed by atoms with Crippen LogP contribution in [0, 0.1) is 0 Å². The van der Waals surface area contributed by atoms with Crippen LogP contribution in [-0.2, 0) is 19.5 Å². The highest BCUT2D eigenvalue weighted by Crippen LogP contribution is 2.30. The summed E-state index contributed by atoms with van der Waals surface area (Å²) in [6.45, 7) is 6.70. The average Bonchev–Trinajstić information content (AvgIpc) is 2.71. The van der Waals surface area contributed by atoms with Crippen molar-refractivity contribution in [3.63, 3.8) is 0 Å². The van der Waals surface area contributed by atoms with Gasteiger partial charge in [0, 0.05) is 6.07 Å². The maximum absolute atomic E-state index is 13.1. The van der Waals surface area contributed by atoms with E-state index in [1.54, 1.807) is 33.8 Å². The number of methoxy groups -OCH3 is 2. The number of nitrogens with one attached hydrogen (secondary N) is 1. The molecule has 0 saturated heterocycles. The molecule has 0 aliphatic rings. The molecule has 2 aromatic rings. The van der Waals surface area contributed by atoms with Crippen LogP contribution in [0.4, 0.5) is 5.69 Å². The van der Waals surface area contributed by atoms with Crippen LogP contribution in [0.2, 0.25) is 0 Å². The third-order valence-electron chi connectivity index (χ3n) is 4.00. The predicted octanol–water partition coefficient (Wildman–Crippen LogP) is 3.64. The van der Waals surface area contributed by atoms with Gasteiger partial charge >= 0.3 is 11.9 Å². The second-order valence-electron chi connectivity index (χ2n) is 7.33. The lowest BCUT2D eigenvalue weighted by Gasteiger charge is -2.15. The van der Waals surface area contributed by atoms with Crippen molar-refractivity contribution < 1.29 is 37.0 Å². The summed E-state index contributed by atoms with van der Waals surface area (Å²) < 4.78 is 49.2. The molecule has 9 nitrogen and oxygen atoms in total. The number of carbonyl (C=O) groups excluding carboxylic acids is 2. The standard InChI is InChI=1S/C22H27NO8S/c1-13(2)30-21(24)15-9-16(22(25)31-14(3)4)11-17(10-15)23-32(26,27)20-12-18(28-5)7-8-19(20)29-6/h7-14,23H,1-6H3. The van der Waals surface area contributed by atoms with Gasteiger partial charge in [0.05, 0.1) is 43.2 Å². The second-order valence-corrected chi connectivity index (χ2v) is 8.98. The number of rotatable bonds is 9. The Morgan fingerprint density at radius 2 is 1.34 bits per heavy atom. The monoisotopic (exact) mass is 465 g/mol. The lowest BCUT2D eigenvalue weighted by molar-refractivity contribution is 0.0377. The summed E-state index contributed by atoms with van der Waals surface area (Å²) >= 11 is 0. The molecule has 0 aliphatic heterocycles. The Bertz CT molecular complexity index is 1050. The predicted molar refractivity (Wildman–Crippen MR) is 118 cm³/mol. The van der Waals surface area contributed by atoms with Crippen LogP contribution in [-0.4, -0.2) is 46.8 Å². The Morgan fingerprint density at radius 1 is 0.812 bits per heavy atom. The fourth-order valence-corrected chi connectivity index (χ4v) is 3.92. The Kier molecular flexibility index (Phi) is 8.09. The van der Waals surface area contributed by atoms with Crippen LogP contribution in [0.3, 0.4) is 0 Å². The van der Waals surface area contributed by atoms with E-state index < -0.39 is 34.2 Å². The summed E-state index contributed by atoms with van der Waals surface area (Å²) in [7, 11) is -1.44. The quantitative estimate of drug-likeness (QED) is 0.558. The zero-order chi connectivity index (χ0) is 24.1. The van der Waals surface area contributed by atoms with Crippen LogP contribution in [0.15, 0.2) is 41.3 Å². The first kappa shape index (κ1) is 25.0. The van der Waals surface area contributed by atoms with E-state index in [4.69, 9.17) is 18.9 Å². The molecule has 0 saturated carbocycles. The van der Waals surface area contributed by atoms with Gasteiger partial charge in [-0.15, -0.1) is 0 Å². The number of carbonyl (C=O) groups is 2. The summed E-state index contributed by atoms with van der Waals surface area (Å²) in [5.74, 6) is -1.02. The van der Waals surface area contributed by atoms with Crippen molar-refractivity contribution in [1.29, 1.82) is 0 Å². The van der Waals surface area contributed by atoms with E-state index in [0.717, 1.165) is 0 Å². The summed E-state index contributed by atoms with van der Waals surface area (Å²) in [5.41, 5.74) is -0.0387. The number of sulfonamides is 1. The number of anilines is 1. The van der Waals surface area contributed by atoms with Crippen LogP contribution in [0.1, 0.15) is 48.4 Å². The summed E-state index contributed by atoms with van der Waals surface area (Å²) in [6.07, 6.45) is -0.815. The first-order chi connectivity index (χ1) is 15.0. The third kappa shape index (κ3) is 6.36. The zero-order valence-corrected chi connectivity index (χ0v) is 19.6. The van der Waals surface area contributed by atoms with Crippen LogP contribution in [0.25, 0.3) is 0 Å². The van der Waals surface area contributed by atoms with Crippen molar-refractivity contribution in [3.05, 3.63) is 47.5 Å². The molecule has 2 rings (SSSR count). The largest absolute Gasteiger partial charge is 0.497 e. The number of hydrogen-bond acceptors (Lipinski definition) is 8. The molecule has 0 fully saturated rings. The minimum atomic E-state index is -4.18. The Labute approximate surface area is 187 Å². The van der Waals surface area contributed by atoms with E-state index in [2.05, 4.69) is 4.72 Å². The lowest BCUT2D eigenvalue weighted by Crippen LogP contribution is -2.18. The molecule has 0 heterocycles. The molecule has 0 aromatic heterocycles. The minimum Gasteiger partial charge on any atom is -0.497 e. The van der Waals surface area contributed by atoms with E-state index in [-0.39, 0.29) is 27.5 Å². The molecule has 1 N–H and O–H groups in total. The van der Waals surface area contributed by atoms with E-state index in [0.29, 0.717) is 5.75 Å². The maximum atomic E-state index is 13.1. The fourth-order valence-electron chi connectivity index (χ4n) is 2.69. The topological polar surface area (TPSA) is 117 Å². The number of esters is 2. The van der Waals surface area contributed by atoms with Crippen molar-refractivity contribution in [2.75, 3.05) is 18.9 Å². The zero-order valence-electron chi connectivity index (χ0n) is 18.8. The Morgan fingerprint density at radius 3 is 1.78 bits per heavy atom. The molecule has 0 atom stereocenters. The molecular formula is C22H27NO8S. The maximum Gasteiger partial charge on any atom is 0.338 e. The SMILES string of the molecule is COc1ccc(OC)c(S(=O)(=O)Nc2cc(C(=O)OC(C)C)cc(C(=O)OC(C)C)c2)c1. The fraction of sp³-hybridized carbons (Fsp3) is 0.364. The normalized spacial score (nSPS) is 11.2. The van der Waals surface area contributed by atoms with E-state index in [9.17, 15) is 18.0 Å². The highest BCUT2D eigenvalue weighted by atomic mass is 32.2. The Balaban J connectivity index is 2.53. The molecule has 0 unspecified atom stereocenters. The molecule has 32 heavy (non-hydrogen) atoms. The molecule has 10 heteroatoms. The first-order valence-corrected chi connectivity index (χ1v) is 11.3. The van der Waals surface area contributed by atoms with Gasteiger partial charge in [0.1, 0.15) is 16.4 Å². The highest BCUT2D eigenvalue weighted by molar-refractivity contribution is 7.92. The van der Waals surface area contributed by atoms with Crippen LogP contribution >= 0.6 is 0 Å². The molecule has 2 aromatic carbocycles. The summed E-state index contributed by atoms with van der Waals surface area (Å²) in [4.78, 5) is 24.7. The van der Waals surface area contributed by atoms with Gasteiger partial charge < -0.3 is 18.9 Å². The summed E-state index contributed by atoms with van der Waals surface area (Å²) in [6, 6.07) is 8.16. The molecule has 174 valence electrons. The lowest BCUT2D eigenvalue weighted by atomic mass is 10.1. The third-order valence-corrected chi connectivity index (χ3v) is 5.40. The molecule has 0 amide bonds. The number of ether oxygens (including phenoxy) is 4. The minimum absolute atomic E-state index is 0.00721. The van der Waals surface area contributed by atoms with Crippen molar-refractivity contribution in [3.8, 4) is 11.5 Å². The van der Waals surface area contributed by atoms with Gasteiger partial charge in [-0.2, -0.15) is 0 Å². The van der Waals surface area contributed by atoms with Crippen molar-refractivity contribution >= 4 is 27.6 Å². The molecule has 0 aliphatic carbocycles. The van der Waals surface area contributed by atoms with Crippen molar-refractivity contribution in [1.82, 2.24) is 0 Å². The van der Waals surface area contributed by atoms with E-state index >= 15 is 0 Å². The molecular weight excluding hydrogens is 438 g/mol. The van der Waals surface area contributed by atoms with E-state index in [1.165, 1.54) is 44.6 Å². The van der Waals surface area contributed by atoms with Gasteiger partial charge in [-0.05, 0) is 58.0 Å². The van der Waals surface area contributed by atoms with Crippen LogP contribution < -0.4 is 14.2 Å².